The number of nitrogens with one attached hydrogen (secondary N) is 1. The zero-order valence-corrected chi connectivity index (χ0v) is 17.4. The van der Waals surface area contributed by atoms with Crippen LogP contribution in [-0.4, -0.2) is 53.9 Å². The first-order valence-corrected chi connectivity index (χ1v) is 9.57. The molecule has 0 spiro atoms. The fourth-order valence-electron chi connectivity index (χ4n) is 3.37. The molecule has 0 saturated carbocycles. The van der Waals surface area contributed by atoms with E-state index in [2.05, 4.69) is 20.0 Å². The fraction of sp³-hybridized carbons (Fsp3) is 0.429. The van der Waals surface area contributed by atoms with E-state index in [0.717, 1.165) is 0 Å². The average molecular weight is 416 g/mol. The number of esters is 1. The molecule has 1 aromatic heterocycles. The molecule has 30 heavy (non-hydrogen) atoms. The number of methoxy groups -OCH3 is 1. The van der Waals surface area contributed by atoms with Gasteiger partial charge in [-0.3, -0.25) is 0 Å². The van der Waals surface area contributed by atoms with E-state index >= 15 is 0 Å². The Bertz CT molecular complexity index is 914. The van der Waals surface area contributed by atoms with Crippen LogP contribution < -0.4 is 10.2 Å². The lowest BCUT2D eigenvalue weighted by Crippen LogP contribution is -2.43. The molecule has 0 radical (unpaired) electrons. The molecule has 3 rings (SSSR count). The van der Waals surface area contributed by atoms with Crippen molar-refractivity contribution in [1.82, 2.24) is 15.3 Å². The van der Waals surface area contributed by atoms with Crippen LogP contribution in [0.5, 0.6) is 0 Å². The summed E-state index contributed by atoms with van der Waals surface area (Å²) in [6.45, 7) is 6.07. The molecule has 9 heteroatoms. The Morgan fingerprint density at radius 2 is 1.83 bits per heavy atom. The van der Waals surface area contributed by atoms with E-state index in [9.17, 15) is 14.0 Å². The third-order valence-corrected chi connectivity index (χ3v) is 4.67. The molecule has 1 N–H and O–H groups in total. The lowest BCUT2D eigenvalue weighted by molar-refractivity contribution is 0.0503. The van der Waals surface area contributed by atoms with Crippen molar-refractivity contribution in [3.05, 3.63) is 53.6 Å². The number of anilines is 1. The Labute approximate surface area is 174 Å². The summed E-state index contributed by atoms with van der Waals surface area (Å²) in [7, 11) is 1.28. The highest BCUT2D eigenvalue weighted by Crippen LogP contribution is 2.31. The molecule has 0 aliphatic carbocycles. The van der Waals surface area contributed by atoms with Crippen LogP contribution in [0.4, 0.5) is 15.1 Å². The predicted molar refractivity (Wildman–Crippen MR) is 108 cm³/mol. The zero-order chi connectivity index (χ0) is 21.9. The summed E-state index contributed by atoms with van der Waals surface area (Å²) in [5.41, 5.74) is 0.0738. The number of halogens is 1. The summed E-state index contributed by atoms with van der Waals surface area (Å²) in [6, 6.07) is 6.06. The molecular formula is C21H25FN4O4. The first-order valence-electron chi connectivity index (χ1n) is 9.57. The van der Waals surface area contributed by atoms with Crippen LogP contribution in [0.2, 0.25) is 0 Å². The monoisotopic (exact) mass is 416 g/mol. The summed E-state index contributed by atoms with van der Waals surface area (Å²) in [4.78, 5) is 34.2. The number of aromatic nitrogens is 2. The highest BCUT2D eigenvalue weighted by Gasteiger charge is 2.38. The maximum absolute atomic E-state index is 14.5. The van der Waals surface area contributed by atoms with E-state index in [1.165, 1.54) is 25.6 Å². The highest BCUT2D eigenvalue weighted by molar-refractivity contribution is 5.88. The largest absolute Gasteiger partial charge is 0.465 e. The van der Waals surface area contributed by atoms with Gasteiger partial charge in [0.15, 0.2) is 0 Å². The van der Waals surface area contributed by atoms with Gasteiger partial charge in [-0.2, -0.15) is 0 Å². The third-order valence-electron chi connectivity index (χ3n) is 4.67. The summed E-state index contributed by atoms with van der Waals surface area (Å²) in [5.74, 6) is -0.834. The van der Waals surface area contributed by atoms with Gasteiger partial charge in [-0.05, 0) is 32.4 Å². The van der Waals surface area contributed by atoms with E-state index < -0.39 is 23.7 Å². The average Bonchev–Trinajstić information content (AvgIpc) is 3.09. The second-order valence-electron chi connectivity index (χ2n) is 8.05. The number of hydrogen-bond acceptors (Lipinski definition) is 7. The van der Waals surface area contributed by atoms with Crippen molar-refractivity contribution in [2.75, 3.05) is 25.1 Å². The Kier molecular flexibility index (Phi) is 6.19. The van der Waals surface area contributed by atoms with E-state index in [1.54, 1.807) is 39.0 Å². The standard InChI is InChI=1S/C21H25FN4O4/c1-21(2,3)30-20(28)25-17-12-26(11-15(17)14-7-5-6-8-16(14)22)19-23-9-13(10-24-19)18(27)29-4/h5-10,15,17H,11-12H2,1-4H3,(H,25,28). The number of amides is 1. The molecule has 8 nitrogen and oxygen atoms in total. The second-order valence-corrected chi connectivity index (χ2v) is 8.05. The van der Waals surface area contributed by atoms with Gasteiger partial charge in [0.25, 0.3) is 0 Å². The van der Waals surface area contributed by atoms with Crippen LogP contribution in [0.3, 0.4) is 0 Å². The quantitative estimate of drug-likeness (QED) is 0.766. The van der Waals surface area contributed by atoms with Crippen molar-refractivity contribution in [1.29, 1.82) is 0 Å². The number of ether oxygens (including phenoxy) is 2. The van der Waals surface area contributed by atoms with Gasteiger partial charge in [0.05, 0.1) is 18.7 Å². The summed E-state index contributed by atoms with van der Waals surface area (Å²) < 4.78 is 24.5. The number of benzene rings is 1. The lowest BCUT2D eigenvalue weighted by Gasteiger charge is -2.24. The molecule has 1 amide bonds. The number of nitrogens with zero attached hydrogens (tertiary/aromatic N) is 3. The Morgan fingerprint density at radius 3 is 2.43 bits per heavy atom. The molecule has 1 fully saturated rings. The van der Waals surface area contributed by atoms with E-state index in [0.29, 0.717) is 24.6 Å². The Balaban J connectivity index is 1.83. The molecular weight excluding hydrogens is 391 g/mol. The Morgan fingerprint density at radius 1 is 1.17 bits per heavy atom. The minimum Gasteiger partial charge on any atom is -0.465 e. The van der Waals surface area contributed by atoms with Gasteiger partial charge in [-0.1, -0.05) is 18.2 Å². The van der Waals surface area contributed by atoms with E-state index in [1.807, 2.05) is 4.90 Å². The number of hydrogen-bond donors (Lipinski definition) is 1. The smallest absolute Gasteiger partial charge is 0.407 e. The van der Waals surface area contributed by atoms with Crippen LogP contribution in [0.1, 0.15) is 42.6 Å². The van der Waals surface area contributed by atoms with Crippen molar-refractivity contribution in [2.24, 2.45) is 0 Å². The summed E-state index contributed by atoms with van der Waals surface area (Å²) >= 11 is 0. The number of rotatable bonds is 4. The first-order chi connectivity index (χ1) is 14.2. The van der Waals surface area contributed by atoms with Crippen LogP contribution in [0.25, 0.3) is 0 Å². The van der Waals surface area contributed by atoms with Gasteiger partial charge in [-0.15, -0.1) is 0 Å². The topological polar surface area (TPSA) is 93.7 Å². The zero-order valence-electron chi connectivity index (χ0n) is 17.4. The molecule has 0 bridgehead atoms. The summed E-state index contributed by atoms with van der Waals surface area (Å²) in [6.07, 6.45) is 2.18. The molecule has 160 valence electrons. The van der Waals surface area contributed by atoms with Gasteiger partial charge >= 0.3 is 12.1 Å². The minimum absolute atomic E-state index is 0.231. The lowest BCUT2D eigenvalue weighted by atomic mass is 9.94. The molecule has 1 aliphatic heterocycles. The molecule has 1 aromatic carbocycles. The van der Waals surface area contributed by atoms with Gasteiger partial charge in [0.2, 0.25) is 5.95 Å². The maximum Gasteiger partial charge on any atom is 0.407 e. The van der Waals surface area contributed by atoms with Crippen molar-refractivity contribution >= 4 is 18.0 Å². The first kappa shape index (κ1) is 21.5. The molecule has 1 saturated heterocycles. The predicted octanol–water partition coefficient (Wildman–Crippen LogP) is 2.90. The SMILES string of the molecule is COC(=O)c1cnc(N2CC(NC(=O)OC(C)(C)C)C(c3ccccc3F)C2)nc1. The minimum atomic E-state index is -0.650. The van der Waals surface area contributed by atoms with Crippen molar-refractivity contribution < 1.29 is 23.5 Å². The van der Waals surface area contributed by atoms with Gasteiger partial charge in [0.1, 0.15) is 11.4 Å². The number of carbonyl (C=O) groups excluding carboxylic acids is 2. The van der Waals surface area contributed by atoms with Crippen LogP contribution in [0.15, 0.2) is 36.7 Å². The maximum atomic E-state index is 14.5. The molecule has 2 aromatic rings. The van der Waals surface area contributed by atoms with Crippen molar-refractivity contribution in [2.45, 2.75) is 38.3 Å². The van der Waals surface area contributed by atoms with Crippen LogP contribution in [0, 0.1) is 5.82 Å². The molecule has 2 unspecified atom stereocenters. The van der Waals surface area contributed by atoms with Gasteiger partial charge in [-0.25, -0.2) is 23.9 Å². The van der Waals surface area contributed by atoms with Crippen molar-refractivity contribution in [3.8, 4) is 0 Å². The van der Waals surface area contributed by atoms with Gasteiger partial charge in [0, 0.05) is 31.4 Å². The summed E-state index contributed by atoms with van der Waals surface area (Å²) in [5, 5.41) is 2.85. The van der Waals surface area contributed by atoms with Crippen LogP contribution in [-0.2, 0) is 9.47 Å². The molecule has 2 atom stereocenters. The number of alkyl carbamates (subject to hydrolysis) is 1. The number of carbonyl (C=O) groups is 2. The van der Waals surface area contributed by atoms with E-state index in [-0.39, 0.29) is 17.3 Å². The van der Waals surface area contributed by atoms with E-state index in [4.69, 9.17) is 4.74 Å². The Hall–Kier alpha value is -3.23. The van der Waals surface area contributed by atoms with Crippen LogP contribution >= 0.6 is 0 Å². The second kappa shape index (κ2) is 8.64. The van der Waals surface area contributed by atoms with Crippen molar-refractivity contribution in [3.63, 3.8) is 0 Å². The fourth-order valence-corrected chi connectivity index (χ4v) is 3.37. The van der Waals surface area contributed by atoms with Gasteiger partial charge < -0.3 is 19.7 Å². The highest BCUT2D eigenvalue weighted by atomic mass is 19.1. The normalized spacial score (nSPS) is 18.8. The molecule has 2 heterocycles. The molecule has 1 aliphatic rings. The third kappa shape index (κ3) is 5.03.